The summed E-state index contributed by atoms with van der Waals surface area (Å²) in [7, 11) is 3.25. The van der Waals surface area contributed by atoms with Gasteiger partial charge in [-0.15, -0.1) is 0 Å². The number of aliphatic hydroxyl groups is 1. The van der Waals surface area contributed by atoms with Gasteiger partial charge in [0.25, 0.3) is 0 Å². The van der Waals surface area contributed by atoms with E-state index >= 15 is 0 Å². The first-order chi connectivity index (χ1) is 10.7. The summed E-state index contributed by atoms with van der Waals surface area (Å²) in [6.45, 7) is 1.45. The van der Waals surface area contributed by atoms with E-state index in [4.69, 9.17) is 9.47 Å². The van der Waals surface area contributed by atoms with Crippen LogP contribution >= 0.6 is 0 Å². The molecular formula is C18H23NO3. The molecule has 1 atom stereocenters. The van der Waals surface area contributed by atoms with Gasteiger partial charge in [0, 0.05) is 25.8 Å². The minimum atomic E-state index is -0.500. The number of hydrogen-bond donors (Lipinski definition) is 2. The summed E-state index contributed by atoms with van der Waals surface area (Å²) < 4.78 is 10.4. The van der Waals surface area contributed by atoms with Crippen molar-refractivity contribution in [1.29, 1.82) is 0 Å². The van der Waals surface area contributed by atoms with Crippen molar-refractivity contribution in [2.45, 2.75) is 12.6 Å². The maximum Gasteiger partial charge on any atom is 0.123 e. The molecule has 0 heterocycles. The summed E-state index contributed by atoms with van der Waals surface area (Å²) in [5.74, 6) is 0.843. The lowest BCUT2D eigenvalue weighted by molar-refractivity contribution is 0.0644. The van der Waals surface area contributed by atoms with Gasteiger partial charge in [-0.05, 0) is 17.2 Å². The Morgan fingerprint density at radius 3 is 2.50 bits per heavy atom. The van der Waals surface area contributed by atoms with E-state index in [0.29, 0.717) is 19.7 Å². The summed E-state index contributed by atoms with van der Waals surface area (Å²) in [5.41, 5.74) is 3.35. The van der Waals surface area contributed by atoms with E-state index in [1.54, 1.807) is 14.2 Å². The predicted octanol–water partition coefficient (Wildman–Crippen LogP) is 2.46. The number of hydrogen-bond acceptors (Lipinski definition) is 4. The molecule has 0 amide bonds. The van der Waals surface area contributed by atoms with Gasteiger partial charge in [0.05, 0.1) is 19.8 Å². The van der Waals surface area contributed by atoms with Crippen molar-refractivity contribution in [2.75, 3.05) is 27.4 Å². The minimum absolute atomic E-state index is 0.330. The predicted molar refractivity (Wildman–Crippen MR) is 88.0 cm³/mol. The topological polar surface area (TPSA) is 50.7 Å². The summed E-state index contributed by atoms with van der Waals surface area (Å²) in [6.07, 6.45) is -0.500. The Balaban J connectivity index is 2.03. The number of methoxy groups -OCH3 is 2. The van der Waals surface area contributed by atoms with Gasteiger partial charge in [0.15, 0.2) is 0 Å². The summed E-state index contributed by atoms with van der Waals surface area (Å²) in [5, 5.41) is 12.8. The third-order valence-electron chi connectivity index (χ3n) is 3.45. The van der Waals surface area contributed by atoms with Gasteiger partial charge in [0.2, 0.25) is 0 Å². The Kier molecular flexibility index (Phi) is 6.40. The Morgan fingerprint density at radius 2 is 1.82 bits per heavy atom. The number of rotatable bonds is 8. The molecule has 0 spiro atoms. The van der Waals surface area contributed by atoms with Gasteiger partial charge < -0.3 is 19.9 Å². The average Bonchev–Trinajstić information content (AvgIpc) is 2.56. The Labute approximate surface area is 131 Å². The molecule has 0 aliphatic rings. The van der Waals surface area contributed by atoms with E-state index in [2.05, 4.69) is 29.6 Å². The van der Waals surface area contributed by atoms with Crippen molar-refractivity contribution in [2.24, 2.45) is 0 Å². The van der Waals surface area contributed by atoms with Crippen LogP contribution in [0.1, 0.15) is 5.56 Å². The van der Waals surface area contributed by atoms with Gasteiger partial charge in [-0.25, -0.2) is 0 Å². The Bertz CT molecular complexity index is 572. The maximum atomic E-state index is 9.63. The fourth-order valence-electron chi connectivity index (χ4n) is 2.33. The van der Waals surface area contributed by atoms with Crippen molar-refractivity contribution in [3.63, 3.8) is 0 Å². The molecule has 22 heavy (non-hydrogen) atoms. The smallest absolute Gasteiger partial charge is 0.123 e. The normalized spacial score (nSPS) is 12.1. The number of aliphatic hydroxyl groups excluding tert-OH is 1. The van der Waals surface area contributed by atoms with E-state index in [0.717, 1.165) is 22.4 Å². The molecule has 0 aromatic heterocycles. The molecular weight excluding hydrogens is 278 g/mol. The van der Waals surface area contributed by atoms with Crippen LogP contribution in [-0.2, 0) is 11.3 Å². The molecule has 2 aromatic rings. The Hall–Kier alpha value is -1.88. The Morgan fingerprint density at radius 1 is 1.05 bits per heavy atom. The van der Waals surface area contributed by atoms with Gasteiger partial charge in [-0.2, -0.15) is 0 Å². The van der Waals surface area contributed by atoms with Crippen LogP contribution in [0.5, 0.6) is 5.75 Å². The zero-order valence-electron chi connectivity index (χ0n) is 13.1. The molecule has 0 saturated heterocycles. The second-order valence-electron chi connectivity index (χ2n) is 5.13. The molecule has 0 fully saturated rings. The SMILES string of the molecule is COCC(O)CNCc1ccc(-c2ccccc2)cc1OC. The van der Waals surface area contributed by atoms with Crippen LogP contribution in [0, 0.1) is 0 Å². The third-order valence-corrected chi connectivity index (χ3v) is 3.45. The van der Waals surface area contributed by atoms with Crippen molar-refractivity contribution < 1.29 is 14.6 Å². The quantitative estimate of drug-likeness (QED) is 0.786. The highest BCUT2D eigenvalue weighted by molar-refractivity contribution is 5.66. The molecule has 0 aliphatic heterocycles. The first kappa shape index (κ1) is 16.5. The number of nitrogens with one attached hydrogen (secondary N) is 1. The molecule has 118 valence electrons. The van der Waals surface area contributed by atoms with E-state index in [1.165, 1.54) is 0 Å². The van der Waals surface area contributed by atoms with E-state index in [1.807, 2.05) is 24.3 Å². The zero-order valence-corrected chi connectivity index (χ0v) is 13.1. The highest BCUT2D eigenvalue weighted by Gasteiger charge is 2.07. The molecule has 4 heteroatoms. The molecule has 1 unspecified atom stereocenters. The highest BCUT2D eigenvalue weighted by atomic mass is 16.5. The van der Waals surface area contributed by atoms with E-state index < -0.39 is 6.10 Å². The van der Waals surface area contributed by atoms with Crippen LogP contribution in [0.3, 0.4) is 0 Å². The van der Waals surface area contributed by atoms with Gasteiger partial charge >= 0.3 is 0 Å². The first-order valence-electron chi connectivity index (χ1n) is 7.34. The fraction of sp³-hybridized carbons (Fsp3) is 0.333. The highest BCUT2D eigenvalue weighted by Crippen LogP contribution is 2.27. The van der Waals surface area contributed by atoms with Crippen molar-refractivity contribution in [1.82, 2.24) is 5.32 Å². The number of benzene rings is 2. The lowest BCUT2D eigenvalue weighted by Gasteiger charge is -2.14. The van der Waals surface area contributed by atoms with Crippen molar-refractivity contribution >= 4 is 0 Å². The number of ether oxygens (including phenoxy) is 2. The second-order valence-corrected chi connectivity index (χ2v) is 5.13. The zero-order chi connectivity index (χ0) is 15.8. The molecule has 4 nitrogen and oxygen atoms in total. The lowest BCUT2D eigenvalue weighted by Crippen LogP contribution is -2.29. The largest absolute Gasteiger partial charge is 0.496 e. The standard InChI is InChI=1S/C18H23NO3/c1-21-13-17(20)12-19-11-16-9-8-15(10-18(16)22-2)14-6-4-3-5-7-14/h3-10,17,19-20H,11-13H2,1-2H3. The second kappa shape index (κ2) is 8.54. The molecule has 0 bridgehead atoms. The summed E-state index contributed by atoms with van der Waals surface area (Å²) in [6, 6.07) is 16.4. The van der Waals surface area contributed by atoms with Crippen LogP contribution in [0.15, 0.2) is 48.5 Å². The van der Waals surface area contributed by atoms with Crippen LogP contribution in [0.2, 0.25) is 0 Å². The first-order valence-corrected chi connectivity index (χ1v) is 7.34. The molecule has 2 aromatic carbocycles. The third kappa shape index (κ3) is 4.56. The van der Waals surface area contributed by atoms with Crippen molar-refractivity contribution in [3.8, 4) is 16.9 Å². The van der Waals surface area contributed by atoms with Crippen LogP contribution < -0.4 is 10.1 Å². The molecule has 2 N–H and O–H groups in total. The summed E-state index contributed by atoms with van der Waals surface area (Å²) >= 11 is 0. The van der Waals surface area contributed by atoms with Crippen LogP contribution in [0.4, 0.5) is 0 Å². The monoisotopic (exact) mass is 301 g/mol. The molecule has 0 aliphatic carbocycles. The van der Waals surface area contributed by atoms with E-state index in [-0.39, 0.29) is 0 Å². The van der Waals surface area contributed by atoms with Gasteiger partial charge in [-0.3, -0.25) is 0 Å². The van der Waals surface area contributed by atoms with E-state index in [9.17, 15) is 5.11 Å². The fourth-order valence-corrected chi connectivity index (χ4v) is 2.33. The van der Waals surface area contributed by atoms with Gasteiger partial charge in [-0.1, -0.05) is 42.5 Å². The van der Waals surface area contributed by atoms with Crippen LogP contribution in [-0.4, -0.2) is 38.6 Å². The van der Waals surface area contributed by atoms with Gasteiger partial charge in [0.1, 0.15) is 5.75 Å². The average molecular weight is 301 g/mol. The minimum Gasteiger partial charge on any atom is -0.496 e. The maximum absolute atomic E-state index is 9.63. The van der Waals surface area contributed by atoms with Crippen molar-refractivity contribution in [3.05, 3.63) is 54.1 Å². The molecule has 0 radical (unpaired) electrons. The summed E-state index contributed by atoms with van der Waals surface area (Å²) in [4.78, 5) is 0. The lowest BCUT2D eigenvalue weighted by atomic mass is 10.0. The van der Waals surface area contributed by atoms with Crippen LogP contribution in [0.25, 0.3) is 11.1 Å². The molecule has 0 saturated carbocycles. The molecule has 2 rings (SSSR count).